The molecule has 1 aromatic carbocycles. The van der Waals surface area contributed by atoms with Crippen molar-refractivity contribution in [1.29, 1.82) is 0 Å². The van der Waals surface area contributed by atoms with E-state index in [2.05, 4.69) is 10.3 Å². The van der Waals surface area contributed by atoms with E-state index in [1.54, 1.807) is 12.1 Å². The summed E-state index contributed by atoms with van der Waals surface area (Å²) in [6.07, 6.45) is 0.972. The standard InChI is InChI=1S/C12H9ClFN3O/c13-9-5-8(15)2-4-10(9)17-12(18)11-3-1-7(14)6-16-11/h1-6H,15H2,(H,17,18). The van der Waals surface area contributed by atoms with Gasteiger partial charge in [0.25, 0.3) is 5.91 Å². The molecule has 1 heterocycles. The molecule has 0 aliphatic rings. The highest BCUT2D eigenvalue weighted by atomic mass is 35.5. The van der Waals surface area contributed by atoms with Crippen LogP contribution in [0.25, 0.3) is 0 Å². The van der Waals surface area contributed by atoms with Gasteiger partial charge in [0.2, 0.25) is 0 Å². The van der Waals surface area contributed by atoms with Crippen molar-refractivity contribution < 1.29 is 9.18 Å². The van der Waals surface area contributed by atoms with Crippen molar-refractivity contribution in [3.05, 3.63) is 53.1 Å². The molecule has 0 aliphatic carbocycles. The summed E-state index contributed by atoms with van der Waals surface area (Å²) < 4.78 is 12.7. The molecular weight excluding hydrogens is 257 g/mol. The van der Waals surface area contributed by atoms with Gasteiger partial charge in [0.05, 0.1) is 16.9 Å². The Labute approximate surface area is 108 Å². The average molecular weight is 266 g/mol. The van der Waals surface area contributed by atoms with Crippen molar-refractivity contribution in [2.24, 2.45) is 0 Å². The number of benzene rings is 1. The van der Waals surface area contributed by atoms with Crippen LogP contribution in [0.4, 0.5) is 15.8 Å². The van der Waals surface area contributed by atoms with Crippen LogP contribution in [-0.2, 0) is 0 Å². The molecule has 18 heavy (non-hydrogen) atoms. The summed E-state index contributed by atoms with van der Waals surface area (Å²) in [6.45, 7) is 0. The third-order valence-corrected chi connectivity index (χ3v) is 2.51. The molecule has 1 amide bonds. The number of nitrogens with two attached hydrogens (primary N) is 1. The predicted molar refractivity (Wildman–Crippen MR) is 68.0 cm³/mol. The lowest BCUT2D eigenvalue weighted by Gasteiger charge is -2.07. The van der Waals surface area contributed by atoms with E-state index >= 15 is 0 Å². The Kier molecular flexibility index (Phi) is 3.43. The number of amides is 1. The highest BCUT2D eigenvalue weighted by molar-refractivity contribution is 6.34. The van der Waals surface area contributed by atoms with E-state index in [0.717, 1.165) is 12.3 Å². The maximum atomic E-state index is 12.7. The molecular formula is C12H9ClFN3O. The van der Waals surface area contributed by atoms with Crippen LogP contribution in [-0.4, -0.2) is 10.9 Å². The smallest absolute Gasteiger partial charge is 0.274 e. The lowest BCUT2D eigenvalue weighted by atomic mass is 10.2. The summed E-state index contributed by atoms with van der Waals surface area (Å²) in [5.41, 5.74) is 6.55. The number of carbonyl (C=O) groups excluding carboxylic acids is 1. The van der Waals surface area contributed by atoms with E-state index in [1.165, 1.54) is 12.1 Å². The zero-order valence-corrected chi connectivity index (χ0v) is 9.91. The molecule has 2 rings (SSSR count). The van der Waals surface area contributed by atoms with Gasteiger partial charge in [-0.1, -0.05) is 11.6 Å². The molecule has 0 unspecified atom stereocenters. The quantitative estimate of drug-likeness (QED) is 0.821. The van der Waals surface area contributed by atoms with Crippen LogP contribution < -0.4 is 11.1 Å². The summed E-state index contributed by atoms with van der Waals surface area (Å²) in [7, 11) is 0. The predicted octanol–water partition coefficient (Wildman–Crippen LogP) is 2.71. The van der Waals surface area contributed by atoms with E-state index in [1.807, 2.05) is 0 Å². The van der Waals surface area contributed by atoms with Gasteiger partial charge in [0, 0.05) is 5.69 Å². The number of hydrogen-bond acceptors (Lipinski definition) is 3. The number of pyridine rings is 1. The van der Waals surface area contributed by atoms with Crippen molar-refractivity contribution in [3.8, 4) is 0 Å². The molecule has 0 saturated heterocycles. The van der Waals surface area contributed by atoms with E-state index in [9.17, 15) is 9.18 Å². The first-order valence-corrected chi connectivity index (χ1v) is 5.42. The number of hydrogen-bond donors (Lipinski definition) is 2. The Morgan fingerprint density at radius 2 is 2.11 bits per heavy atom. The Bertz CT molecular complexity index is 586. The van der Waals surface area contributed by atoms with E-state index in [0.29, 0.717) is 16.4 Å². The largest absolute Gasteiger partial charge is 0.399 e. The molecule has 92 valence electrons. The van der Waals surface area contributed by atoms with Crippen LogP contribution >= 0.6 is 11.6 Å². The summed E-state index contributed by atoms with van der Waals surface area (Å²) in [5.74, 6) is -0.973. The van der Waals surface area contributed by atoms with Gasteiger partial charge >= 0.3 is 0 Å². The minimum absolute atomic E-state index is 0.101. The number of nitrogens with one attached hydrogen (secondary N) is 1. The maximum Gasteiger partial charge on any atom is 0.274 e. The SMILES string of the molecule is Nc1ccc(NC(=O)c2ccc(F)cn2)c(Cl)c1. The summed E-state index contributed by atoms with van der Waals surface area (Å²) >= 11 is 5.91. The van der Waals surface area contributed by atoms with Crippen LogP contribution in [0.3, 0.4) is 0 Å². The van der Waals surface area contributed by atoms with Gasteiger partial charge < -0.3 is 11.1 Å². The first-order chi connectivity index (χ1) is 8.56. The fourth-order valence-corrected chi connectivity index (χ4v) is 1.57. The average Bonchev–Trinajstić information content (AvgIpc) is 2.33. The van der Waals surface area contributed by atoms with Crippen LogP contribution in [0.1, 0.15) is 10.5 Å². The second-order valence-corrected chi connectivity index (χ2v) is 3.96. The van der Waals surface area contributed by atoms with Crippen molar-refractivity contribution in [1.82, 2.24) is 4.98 Å². The molecule has 1 aromatic heterocycles. The van der Waals surface area contributed by atoms with Crippen LogP contribution in [0, 0.1) is 5.82 Å². The summed E-state index contributed by atoms with van der Waals surface area (Å²) in [6, 6.07) is 7.16. The van der Waals surface area contributed by atoms with Gasteiger partial charge in [-0.2, -0.15) is 0 Å². The second-order valence-electron chi connectivity index (χ2n) is 3.56. The summed E-state index contributed by atoms with van der Waals surface area (Å²) in [5, 5.41) is 2.89. The van der Waals surface area contributed by atoms with Crippen LogP contribution in [0.5, 0.6) is 0 Å². The zero-order valence-electron chi connectivity index (χ0n) is 9.15. The molecule has 0 saturated carbocycles. The van der Waals surface area contributed by atoms with Crippen LogP contribution in [0.15, 0.2) is 36.5 Å². The monoisotopic (exact) mass is 265 g/mol. The molecule has 3 N–H and O–H groups in total. The number of aromatic nitrogens is 1. The molecule has 4 nitrogen and oxygen atoms in total. The molecule has 0 spiro atoms. The maximum absolute atomic E-state index is 12.7. The Morgan fingerprint density at radius 1 is 1.33 bits per heavy atom. The van der Waals surface area contributed by atoms with E-state index < -0.39 is 11.7 Å². The number of halogens is 2. The number of nitrogens with zero attached hydrogens (tertiary/aromatic N) is 1. The third-order valence-electron chi connectivity index (χ3n) is 2.20. The minimum atomic E-state index is -0.503. The number of anilines is 2. The van der Waals surface area contributed by atoms with Crippen LogP contribution in [0.2, 0.25) is 5.02 Å². The van der Waals surface area contributed by atoms with E-state index in [-0.39, 0.29) is 5.69 Å². The van der Waals surface area contributed by atoms with Gasteiger partial charge in [-0.05, 0) is 30.3 Å². The topological polar surface area (TPSA) is 68.0 Å². The van der Waals surface area contributed by atoms with Crippen molar-refractivity contribution >= 4 is 28.9 Å². The molecule has 2 aromatic rings. The zero-order chi connectivity index (χ0) is 13.1. The number of carbonyl (C=O) groups is 1. The highest BCUT2D eigenvalue weighted by Crippen LogP contribution is 2.24. The Balaban J connectivity index is 2.18. The fourth-order valence-electron chi connectivity index (χ4n) is 1.33. The first kappa shape index (κ1) is 12.3. The number of rotatable bonds is 2. The first-order valence-electron chi connectivity index (χ1n) is 5.04. The van der Waals surface area contributed by atoms with Crippen molar-refractivity contribution in [3.63, 3.8) is 0 Å². The minimum Gasteiger partial charge on any atom is -0.399 e. The molecule has 0 bridgehead atoms. The van der Waals surface area contributed by atoms with Gasteiger partial charge in [0.15, 0.2) is 0 Å². The molecule has 0 fully saturated rings. The lowest BCUT2D eigenvalue weighted by molar-refractivity contribution is 0.102. The highest BCUT2D eigenvalue weighted by Gasteiger charge is 2.09. The Hall–Kier alpha value is -2.14. The van der Waals surface area contributed by atoms with Gasteiger partial charge in [-0.25, -0.2) is 9.37 Å². The van der Waals surface area contributed by atoms with Gasteiger partial charge in [-0.15, -0.1) is 0 Å². The molecule has 0 aliphatic heterocycles. The van der Waals surface area contributed by atoms with Gasteiger partial charge in [0.1, 0.15) is 11.5 Å². The van der Waals surface area contributed by atoms with Crippen molar-refractivity contribution in [2.75, 3.05) is 11.1 Å². The second kappa shape index (κ2) is 5.01. The Morgan fingerprint density at radius 3 is 2.72 bits per heavy atom. The van der Waals surface area contributed by atoms with Crippen molar-refractivity contribution in [2.45, 2.75) is 0 Å². The molecule has 0 radical (unpaired) electrons. The number of nitrogen functional groups attached to an aromatic ring is 1. The fraction of sp³-hybridized carbons (Fsp3) is 0. The summed E-state index contributed by atoms with van der Waals surface area (Å²) in [4.78, 5) is 15.4. The van der Waals surface area contributed by atoms with E-state index in [4.69, 9.17) is 17.3 Å². The third kappa shape index (κ3) is 2.75. The molecule has 0 atom stereocenters. The lowest BCUT2D eigenvalue weighted by Crippen LogP contribution is -2.14. The molecule has 6 heteroatoms. The normalized spacial score (nSPS) is 10.1. The van der Waals surface area contributed by atoms with Gasteiger partial charge in [-0.3, -0.25) is 4.79 Å².